The quantitative estimate of drug-likeness (QED) is 0.626. The summed E-state index contributed by atoms with van der Waals surface area (Å²) < 4.78 is 89.7. The summed E-state index contributed by atoms with van der Waals surface area (Å²) in [5.74, 6) is -4.72. The molecular weight excluding hydrogens is 412 g/mol. The standard InChI is InChI=1S/C20H19F6N3O/c1-17(2)20(25,26)18(3,29-16(27)30-17)13-10-11(8-9-14(13)21)28-15-7-5-4-6-12(15)19(22,23)24/h4-10,28H,1-3H3,(H2,27,29). The molecule has 162 valence electrons. The van der Waals surface area contributed by atoms with Gasteiger partial charge in [0, 0.05) is 11.3 Å². The van der Waals surface area contributed by atoms with E-state index in [9.17, 15) is 17.6 Å². The lowest BCUT2D eigenvalue weighted by atomic mass is 9.77. The molecule has 10 heteroatoms. The van der Waals surface area contributed by atoms with Crippen LogP contribution in [0.5, 0.6) is 0 Å². The summed E-state index contributed by atoms with van der Waals surface area (Å²) in [5.41, 5.74) is -0.841. The molecule has 2 aromatic carbocycles. The SMILES string of the molecule is CC1(C)OC(N)=NC(C)(c2cc(Nc3ccccc3C(F)(F)F)ccc2F)C1(F)F. The molecule has 0 saturated heterocycles. The maximum absolute atomic E-state index is 15.2. The van der Waals surface area contributed by atoms with Crippen molar-refractivity contribution in [1.29, 1.82) is 0 Å². The highest BCUT2D eigenvalue weighted by Crippen LogP contribution is 2.52. The Bertz CT molecular complexity index is 1000. The first-order valence-corrected chi connectivity index (χ1v) is 8.84. The summed E-state index contributed by atoms with van der Waals surface area (Å²) in [6, 6.07) is 7.11. The molecule has 1 aliphatic heterocycles. The second kappa shape index (κ2) is 6.82. The Labute approximate surface area is 168 Å². The van der Waals surface area contributed by atoms with E-state index in [1.165, 1.54) is 18.2 Å². The molecule has 3 rings (SSSR count). The predicted octanol–water partition coefficient (Wildman–Crippen LogP) is 5.56. The van der Waals surface area contributed by atoms with Gasteiger partial charge in [-0.1, -0.05) is 12.1 Å². The van der Waals surface area contributed by atoms with Gasteiger partial charge in [-0.25, -0.2) is 9.38 Å². The molecular formula is C20H19F6N3O. The molecule has 0 amide bonds. The van der Waals surface area contributed by atoms with Crippen molar-refractivity contribution in [1.82, 2.24) is 0 Å². The van der Waals surface area contributed by atoms with Crippen LogP contribution in [0, 0.1) is 5.82 Å². The maximum Gasteiger partial charge on any atom is 0.418 e. The molecule has 30 heavy (non-hydrogen) atoms. The van der Waals surface area contributed by atoms with Crippen LogP contribution in [-0.2, 0) is 16.5 Å². The van der Waals surface area contributed by atoms with Crippen molar-refractivity contribution in [3.63, 3.8) is 0 Å². The Hall–Kier alpha value is -2.91. The molecule has 2 aromatic rings. The third-order valence-corrected chi connectivity index (χ3v) is 5.06. The number of hydrogen-bond acceptors (Lipinski definition) is 4. The van der Waals surface area contributed by atoms with Crippen LogP contribution in [0.2, 0.25) is 0 Å². The molecule has 1 unspecified atom stereocenters. The predicted molar refractivity (Wildman–Crippen MR) is 100 cm³/mol. The fraction of sp³-hybridized carbons (Fsp3) is 0.350. The normalized spacial score (nSPS) is 22.8. The molecule has 0 aromatic heterocycles. The summed E-state index contributed by atoms with van der Waals surface area (Å²) in [4.78, 5) is 3.67. The maximum atomic E-state index is 15.2. The van der Waals surface area contributed by atoms with Crippen LogP contribution in [-0.4, -0.2) is 17.5 Å². The Morgan fingerprint density at radius 3 is 2.30 bits per heavy atom. The summed E-state index contributed by atoms with van der Waals surface area (Å²) in [7, 11) is 0. The second-order valence-corrected chi connectivity index (χ2v) is 7.57. The van der Waals surface area contributed by atoms with E-state index in [-0.39, 0.29) is 11.4 Å². The lowest BCUT2D eigenvalue weighted by Crippen LogP contribution is -2.62. The van der Waals surface area contributed by atoms with Gasteiger partial charge < -0.3 is 15.8 Å². The van der Waals surface area contributed by atoms with Crippen LogP contribution in [0.3, 0.4) is 0 Å². The molecule has 0 aliphatic carbocycles. The number of ether oxygens (including phenoxy) is 1. The van der Waals surface area contributed by atoms with Crippen LogP contribution in [0.25, 0.3) is 0 Å². The van der Waals surface area contributed by atoms with E-state index in [0.717, 1.165) is 45.0 Å². The van der Waals surface area contributed by atoms with Crippen LogP contribution >= 0.6 is 0 Å². The van der Waals surface area contributed by atoms with Crippen molar-refractivity contribution in [2.24, 2.45) is 10.7 Å². The number of amidine groups is 1. The van der Waals surface area contributed by atoms with Gasteiger partial charge in [0.2, 0.25) is 0 Å². The molecule has 1 atom stereocenters. The Morgan fingerprint density at radius 2 is 1.67 bits per heavy atom. The molecule has 0 saturated carbocycles. The number of hydrogen-bond donors (Lipinski definition) is 2. The zero-order chi connectivity index (χ0) is 22.5. The van der Waals surface area contributed by atoms with Gasteiger partial charge in [0.15, 0.2) is 11.1 Å². The Morgan fingerprint density at radius 1 is 1.03 bits per heavy atom. The van der Waals surface area contributed by atoms with E-state index in [1.54, 1.807) is 0 Å². The first-order valence-electron chi connectivity index (χ1n) is 8.84. The lowest BCUT2D eigenvalue weighted by Gasteiger charge is -2.46. The number of nitrogens with zero attached hydrogens (tertiary/aromatic N) is 1. The van der Waals surface area contributed by atoms with Crippen molar-refractivity contribution >= 4 is 17.4 Å². The Balaban J connectivity index is 2.11. The van der Waals surface area contributed by atoms with Gasteiger partial charge in [0.25, 0.3) is 6.02 Å². The van der Waals surface area contributed by atoms with Gasteiger partial charge in [-0.2, -0.15) is 22.0 Å². The number of benzene rings is 2. The fourth-order valence-corrected chi connectivity index (χ4v) is 3.43. The molecule has 3 N–H and O–H groups in total. The van der Waals surface area contributed by atoms with E-state index in [4.69, 9.17) is 10.5 Å². The molecule has 0 bridgehead atoms. The lowest BCUT2D eigenvalue weighted by molar-refractivity contribution is -0.207. The largest absolute Gasteiger partial charge is 0.453 e. The van der Waals surface area contributed by atoms with Crippen LogP contribution < -0.4 is 11.1 Å². The monoisotopic (exact) mass is 431 g/mol. The number of anilines is 2. The summed E-state index contributed by atoms with van der Waals surface area (Å²) in [6.45, 7) is 3.18. The average Bonchev–Trinajstić information content (AvgIpc) is 2.61. The first-order chi connectivity index (χ1) is 13.7. The summed E-state index contributed by atoms with van der Waals surface area (Å²) in [5, 5.41) is 2.52. The van der Waals surface area contributed by atoms with Gasteiger partial charge in [-0.05, 0) is 51.1 Å². The van der Waals surface area contributed by atoms with E-state index in [0.29, 0.717) is 0 Å². The molecule has 0 fully saturated rings. The zero-order valence-corrected chi connectivity index (χ0v) is 16.2. The first kappa shape index (κ1) is 21.8. The molecule has 4 nitrogen and oxygen atoms in total. The molecule has 1 heterocycles. The topological polar surface area (TPSA) is 59.6 Å². The molecule has 0 spiro atoms. The van der Waals surface area contributed by atoms with Crippen molar-refractivity contribution in [3.8, 4) is 0 Å². The van der Waals surface area contributed by atoms with E-state index in [1.807, 2.05) is 0 Å². The van der Waals surface area contributed by atoms with Crippen molar-refractivity contribution in [2.75, 3.05) is 5.32 Å². The van der Waals surface area contributed by atoms with Crippen molar-refractivity contribution < 1.29 is 31.1 Å². The number of alkyl halides is 5. The fourth-order valence-electron chi connectivity index (χ4n) is 3.43. The number of nitrogens with two attached hydrogens (primary N) is 1. The highest BCUT2D eigenvalue weighted by atomic mass is 19.4. The van der Waals surface area contributed by atoms with E-state index in [2.05, 4.69) is 10.3 Å². The number of nitrogens with one attached hydrogen (secondary N) is 1. The van der Waals surface area contributed by atoms with Gasteiger partial charge in [0.1, 0.15) is 5.82 Å². The van der Waals surface area contributed by atoms with Crippen LogP contribution in [0.15, 0.2) is 47.5 Å². The summed E-state index contributed by atoms with van der Waals surface area (Å²) >= 11 is 0. The van der Waals surface area contributed by atoms with E-state index < -0.39 is 46.2 Å². The minimum Gasteiger partial charge on any atom is -0.453 e. The van der Waals surface area contributed by atoms with Crippen LogP contribution in [0.1, 0.15) is 31.9 Å². The molecule has 1 aliphatic rings. The van der Waals surface area contributed by atoms with Crippen molar-refractivity contribution in [2.45, 2.75) is 44.0 Å². The number of para-hydroxylation sites is 1. The minimum atomic E-state index is -4.64. The zero-order valence-electron chi connectivity index (χ0n) is 16.2. The highest BCUT2D eigenvalue weighted by molar-refractivity contribution is 5.74. The van der Waals surface area contributed by atoms with Gasteiger partial charge >= 0.3 is 12.1 Å². The van der Waals surface area contributed by atoms with E-state index >= 15 is 8.78 Å². The Kier molecular flexibility index (Phi) is 4.95. The number of aliphatic imine (C=N–C) groups is 1. The highest BCUT2D eigenvalue weighted by Gasteiger charge is 2.66. The van der Waals surface area contributed by atoms with Crippen molar-refractivity contribution in [3.05, 3.63) is 59.4 Å². The second-order valence-electron chi connectivity index (χ2n) is 7.57. The van der Waals surface area contributed by atoms with Crippen LogP contribution in [0.4, 0.5) is 37.7 Å². The van der Waals surface area contributed by atoms with Gasteiger partial charge in [-0.3, -0.25) is 0 Å². The number of rotatable bonds is 3. The third kappa shape index (κ3) is 3.44. The van der Waals surface area contributed by atoms with Gasteiger partial charge in [0.05, 0.1) is 11.3 Å². The smallest absolute Gasteiger partial charge is 0.418 e. The number of halogens is 6. The third-order valence-electron chi connectivity index (χ3n) is 5.06. The summed E-state index contributed by atoms with van der Waals surface area (Å²) in [6.07, 6.45) is -4.64. The average molecular weight is 431 g/mol. The van der Waals surface area contributed by atoms with Gasteiger partial charge in [-0.15, -0.1) is 0 Å². The minimum absolute atomic E-state index is 0.0294. The molecule has 0 radical (unpaired) electrons.